The third-order valence-corrected chi connectivity index (χ3v) is 8.69. The van der Waals surface area contributed by atoms with E-state index in [1.807, 2.05) is 24.3 Å². The van der Waals surface area contributed by atoms with Crippen LogP contribution in [0.2, 0.25) is 0 Å². The highest BCUT2D eigenvalue weighted by molar-refractivity contribution is 5.98. The number of nitrogens with zero attached hydrogens (tertiary/aromatic N) is 1. The highest BCUT2D eigenvalue weighted by Crippen LogP contribution is 2.45. The van der Waals surface area contributed by atoms with Crippen LogP contribution in [0.25, 0.3) is 6.08 Å². The van der Waals surface area contributed by atoms with Crippen molar-refractivity contribution in [3.63, 3.8) is 0 Å². The van der Waals surface area contributed by atoms with E-state index in [0.29, 0.717) is 43.4 Å². The Bertz CT molecular complexity index is 1450. The number of fused-ring (bicyclic) bond motifs is 2. The molecule has 2 aliphatic carbocycles. The Morgan fingerprint density at radius 3 is 2.49 bits per heavy atom. The van der Waals surface area contributed by atoms with E-state index in [-0.39, 0.29) is 44.6 Å². The van der Waals surface area contributed by atoms with Gasteiger partial charge in [0.1, 0.15) is 31.0 Å². The van der Waals surface area contributed by atoms with Crippen LogP contribution in [-0.2, 0) is 41.4 Å². The second kappa shape index (κ2) is 13.5. The molecule has 4 atom stereocenters. The van der Waals surface area contributed by atoms with E-state index in [1.165, 1.54) is 6.26 Å². The van der Waals surface area contributed by atoms with E-state index in [1.54, 1.807) is 41.3 Å². The number of esters is 1. The minimum absolute atomic E-state index is 0.0813. The number of carbonyl (C=O) groups is 3. The summed E-state index contributed by atoms with van der Waals surface area (Å²) < 4.78 is 24.4. The minimum Gasteiger partial charge on any atom is -0.499 e. The van der Waals surface area contributed by atoms with Gasteiger partial charge in [-0.15, -0.1) is 0 Å². The third-order valence-electron chi connectivity index (χ3n) is 8.69. The predicted molar refractivity (Wildman–Crippen MR) is 162 cm³/mol. The van der Waals surface area contributed by atoms with E-state index < -0.39 is 36.1 Å². The number of ether oxygens (including phenoxy) is 4. The van der Waals surface area contributed by atoms with Crippen LogP contribution in [0.4, 0.5) is 0 Å². The first-order valence-electron chi connectivity index (χ1n) is 15.4. The van der Waals surface area contributed by atoms with E-state index in [9.17, 15) is 14.4 Å². The number of hydrogen-bond acceptors (Lipinski definition) is 9. The quantitative estimate of drug-likeness (QED) is 0.207. The number of aliphatic hydroxyl groups is 2. The Kier molecular flexibility index (Phi) is 9.32. The maximum Gasteiger partial charge on any atom is 0.338 e. The number of benzene rings is 2. The number of likely N-dealkylation sites (tertiary alicyclic amines) is 1. The highest BCUT2D eigenvalue weighted by Gasteiger charge is 2.55. The normalized spacial score (nSPS) is 24.8. The van der Waals surface area contributed by atoms with Gasteiger partial charge in [-0.05, 0) is 53.8 Å². The second-order valence-corrected chi connectivity index (χ2v) is 11.7. The number of aliphatic hydroxyl groups excluding tert-OH is 2. The molecule has 0 radical (unpaired) electrons. The molecule has 45 heavy (non-hydrogen) atoms. The zero-order chi connectivity index (χ0) is 31.4. The summed E-state index contributed by atoms with van der Waals surface area (Å²) in [6.45, 7) is 0.468. The van der Waals surface area contributed by atoms with Crippen molar-refractivity contribution in [2.45, 2.75) is 62.2 Å². The lowest BCUT2D eigenvalue weighted by molar-refractivity contribution is -0.172. The molecule has 6 rings (SSSR count). The van der Waals surface area contributed by atoms with Crippen LogP contribution in [0.1, 0.15) is 46.3 Å². The van der Waals surface area contributed by atoms with Crippen LogP contribution in [0, 0.1) is 0 Å². The smallest absolute Gasteiger partial charge is 0.338 e. The zero-order valence-electron chi connectivity index (χ0n) is 24.9. The summed E-state index contributed by atoms with van der Waals surface area (Å²) in [7, 11) is 0. The molecule has 2 saturated heterocycles. The van der Waals surface area contributed by atoms with Gasteiger partial charge >= 0.3 is 5.97 Å². The first-order chi connectivity index (χ1) is 21.9. The summed E-state index contributed by atoms with van der Waals surface area (Å²) >= 11 is 0. The number of rotatable bonds is 10. The fraction of sp³-hybridized carbons (Fsp3) is 0.441. The largest absolute Gasteiger partial charge is 0.499 e. The van der Waals surface area contributed by atoms with E-state index in [4.69, 9.17) is 29.2 Å². The SMILES string of the molecule is O=C(OC1CC(C(=O)N2CCCC2C(=O)NCCO)=CC2OC3(Cc4ccccc4C3)OC21)c1ccc(C=COCCO)cc1. The number of nitrogens with one attached hydrogen (secondary N) is 1. The molecule has 1 spiro atoms. The highest BCUT2D eigenvalue weighted by atomic mass is 16.8. The van der Waals surface area contributed by atoms with Crippen molar-refractivity contribution in [1.82, 2.24) is 10.2 Å². The Balaban J connectivity index is 1.21. The molecule has 4 aliphatic rings. The van der Waals surface area contributed by atoms with Crippen LogP contribution in [0.3, 0.4) is 0 Å². The Morgan fingerprint density at radius 1 is 1.02 bits per heavy atom. The number of amides is 2. The van der Waals surface area contributed by atoms with Gasteiger partial charge in [0.25, 0.3) is 0 Å². The van der Waals surface area contributed by atoms with Crippen LogP contribution in [0.5, 0.6) is 0 Å². The van der Waals surface area contributed by atoms with Gasteiger partial charge in [0.15, 0.2) is 5.79 Å². The van der Waals surface area contributed by atoms with Crippen LogP contribution >= 0.6 is 0 Å². The van der Waals surface area contributed by atoms with Gasteiger partial charge < -0.3 is 39.4 Å². The molecule has 4 unspecified atom stereocenters. The molecule has 0 aromatic heterocycles. The molecule has 0 bridgehead atoms. The predicted octanol–water partition coefficient (Wildman–Crippen LogP) is 1.90. The lowest BCUT2D eigenvalue weighted by Gasteiger charge is -2.32. The van der Waals surface area contributed by atoms with E-state index >= 15 is 0 Å². The monoisotopic (exact) mass is 618 g/mol. The van der Waals surface area contributed by atoms with Gasteiger partial charge in [-0.3, -0.25) is 9.59 Å². The fourth-order valence-electron chi connectivity index (χ4n) is 6.60. The van der Waals surface area contributed by atoms with Crippen LogP contribution in [-0.4, -0.2) is 95.9 Å². The second-order valence-electron chi connectivity index (χ2n) is 11.7. The molecule has 2 aromatic rings. The summed E-state index contributed by atoms with van der Waals surface area (Å²) in [5.74, 6) is -2.07. The molecular weight excluding hydrogens is 580 g/mol. The van der Waals surface area contributed by atoms with Gasteiger partial charge in [-0.25, -0.2) is 4.79 Å². The molecule has 2 aromatic carbocycles. The molecule has 2 heterocycles. The lowest BCUT2D eigenvalue weighted by atomic mass is 9.91. The molecule has 0 saturated carbocycles. The fourth-order valence-corrected chi connectivity index (χ4v) is 6.60. The van der Waals surface area contributed by atoms with Crippen molar-refractivity contribution in [3.8, 4) is 0 Å². The topological polar surface area (TPSA) is 144 Å². The first kappa shape index (κ1) is 31.0. The summed E-state index contributed by atoms with van der Waals surface area (Å²) in [6.07, 6.45) is 5.34. The summed E-state index contributed by atoms with van der Waals surface area (Å²) in [5.41, 5.74) is 3.82. The van der Waals surface area contributed by atoms with Gasteiger partial charge in [0, 0.05) is 37.9 Å². The molecule has 2 aliphatic heterocycles. The first-order valence-corrected chi connectivity index (χ1v) is 15.4. The molecule has 11 nitrogen and oxygen atoms in total. The molecule has 3 N–H and O–H groups in total. The van der Waals surface area contributed by atoms with Crippen LogP contribution in [0.15, 0.2) is 66.4 Å². The van der Waals surface area contributed by atoms with Crippen molar-refractivity contribution in [2.75, 3.05) is 32.9 Å². The third kappa shape index (κ3) is 6.67. The minimum atomic E-state index is -0.925. The zero-order valence-corrected chi connectivity index (χ0v) is 24.9. The van der Waals surface area contributed by atoms with E-state index in [0.717, 1.165) is 16.7 Å². The maximum absolute atomic E-state index is 13.9. The summed E-state index contributed by atoms with van der Waals surface area (Å²) in [5, 5.41) is 20.6. The number of hydrogen-bond donors (Lipinski definition) is 3. The summed E-state index contributed by atoms with van der Waals surface area (Å²) in [4.78, 5) is 41.6. The molecule has 2 fully saturated rings. The Hall–Kier alpha value is -4.03. The standard InChI is InChI=1S/C34H38N2O9/c37-14-12-35-31(39)27-6-3-13-36(27)32(40)26-18-28(43-33(41)23-9-7-22(8-10-23)11-16-42-17-15-38)30-29(19-26)44-34(45-30)20-24-4-1-2-5-25(24)21-34/h1-2,4-5,7-11,16,19,27-30,37-38H,3,6,12-15,17-18,20-21H2,(H,35,39). The van der Waals surface area contributed by atoms with Gasteiger partial charge in [-0.2, -0.15) is 0 Å². The Labute approximate surface area is 261 Å². The molecule has 2 amide bonds. The van der Waals surface area contributed by atoms with Gasteiger partial charge in [0.05, 0.1) is 25.0 Å². The van der Waals surface area contributed by atoms with Crippen molar-refractivity contribution in [1.29, 1.82) is 0 Å². The summed E-state index contributed by atoms with van der Waals surface area (Å²) in [6, 6.07) is 14.2. The molecule has 238 valence electrons. The van der Waals surface area contributed by atoms with Crippen molar-refractivity contribution in [3.05, 3.63) is 88.7 Å². The maximum atomic E-state index is 13.9. The van der Waals surface area contributed by atoms with E-state index in [2.05, 4.69) is 5.32 Å². The van der Waals surface area contributed by atoms with Crippen molar-refractivity contribution >= 4 is 23.9 Å². The van der Waals surface area contributed by atoms with Crippen molar-refractivity contribution in [2.24, 2.45) is 0 Å². The lowest BCUT2D eigenvalue weighted by Crippen LogP contribution is -2.49. The number of carbonyl (C=O) groups excluding carboxylic acids is 3. The average molecular weight is 619 g/mol. The van der Waals surface area contributed by atoms with Crippen molar-refractivity contribution < 1.29 is 43.5 Å². The van der Waals surface area contributed by atoms with Crippen LogP contribution < -0.4 is 5.32 Å². The molecule has 11 heteroatoms. The Morgan fingerprint density at radius 2 is 1.78 bits per heavy atom. The van der Waals surface area contributed by atoms with Gasteiger partial charge in [0.2, 0.25) is 11.8 Å². The molecular formula is C34H38N2O9. The van der Waals surface area contributed by atoms with Gasteiger partial charge in [-0.1, -0.05) is 36.4 Å². The average Bonchev–Trinajstić information content (AvgIpc) is 3.78.